The van der Waals surface area contributed by atoms with Crippen LogP contribution in [0.1, 0.15) is 44.7 Å². The van der Waals surface area contributed by atoms with Gasteiger partial charge in [0, 0.05) is 31.8 Å². The molecule has 0 aromatic heterocycles. The standard InChI is InChI=1S/C19H30N2O3/c1-14-7-8-16(17(10-14)24-19(2,3)4)11-20-18(23)21-9-5-6-15(12-21)13-22/h7-8,10,15,22H,5-6,9,11-13H2,1-4H3,(H,20,23). The van der Waals surface area contributed by atoms with E-state index in [9.17, 15) is 9.90 Å². The molecule has 2 amide bonds. The molecule has 1 saturated heterocycles. The van der Waals surface area contributed by atoms with Gasteiger partial charge in [-0.1, -0.05) is 12.1 Å². The van der Waals surface area contributed by atoms with Gasteiger partial charge < -0.3 is 20.1 Å². The van der Waals surface area contributed by atoms with Crippen LogP contribution < -0.4 is 10.1 Å². The van der Waals surface area contributed by atoms with Crippen LogP contribution in [-0.4, -0.2) is 41.3 Å². The fraction of sp³-hybridized carbons (Fsp3) is 0.632. The van der Waals surface area contributed by atoms with Crippen molar-refractivity contribution in [2.24, 2.45) is 5.92 Å². The number of benzene rings is 1. The Bertz CT molecular complexity index is 566. The second-order valence-electron chi connectivity index (χ2n) is 7.62. The highest BCUT2D eigenvalue weighted by atomic mass is 16.5. The summed E-state index contributed by atoms with van der Waals surface area (Å²) in [6.45, 7) is 10.0. The summed E-state index contributed by atoms with van der Waals surface area (Å²) in [4.78, 5) is 14.2. The molecule has 1 unspecified atom stereocenters. The number of piperidine rings is 1. The Morgan fingerprint density at radius 3 is 2.83 bits per heavy atom. The van der Waals surface area contributed by atoms with Gasteiger partial charge in [-0.25, -0.2) is 4.79 Å². The number of nitrogens with one attached hydrogen (secondary N) is 1. The molecule has 1 aromatic carbocycles. The number of aliphatic hydroxyl groups is 1. The number of likely N-dealkylation sites (tertiary alicyclic amines) is 1. The first-order chi connectivity index (χ1) is 11.3. The minimum absolute atomic E-state index is 0.0737. The summed E-state index contributed by atoms with van der Waals surface area (Å²) in [5.74, 6) is 1.01. The molecule has 2 N–H and O–H groups in total. The average molecular weight is 334 g/mol. The number of ether oxygens (including phenoxy) is 1. The number of hydrogen-bond acceptors (Lipinski definition) is 3. The number of nitrogens with zero attached hydrogens (tertiary/aromatic N) is 1. The lowest BCUT2D eigenvalue weighted by molar-refractivity contribution is 0.127. The molecule has 0 spiro atoms. The van der Waals surface area contributed by atoms with Gasteiger partial charge in [-0.15, -0.1) is 0 Å². The number of rotatable bonds is 4. The van der Waals surface area contributed by atoms with E-state index in [0.29, 0.717) is 13.1 Å². The topological polar surface area (TPSA) is 61.8 Å². The van der Waals surface area contributed by atoms with Crippen LogP contribution in [0.25, 0.3) is 0 Å². The number of hydrogen-bond donors (Lipinski definition) is 2. The van der Waals surface area contributed by atoms with E-state index in [0.717, 1.165) is 36.3 Å². The molecule has 2 rings (SSSR count). The quantitative estimate of drug-likeness (QED) is 0.889. The van der Waals surface area contributed by atoms with E-state index < -0.39 is 0 Å². The molecule has 24 heavy (non-hydrogen) atoms. The second-order valence-corrected chi connectivity index (χ2v) is 7.62. The molecule has 1 fully saturated rings. The van der Waals surface area contributed by atoms with E-state index in [2.05, 4.69) is 5.32 Å². The van der Waals surface area contributed by atoms with Crippen LogP contribution in [0.3, 0.4) is 0 Å². The summed E-state index contributed by atoms with van der Waals surface area (Å²) in [5, 5.41) is 12.3. The van der Waals surface area contributed by atoms with Crippen molar-refractivity contribution >= 4 is 6.03 Å². The molecule has 0 aliphatic carbocycles. The fourth-order valence-electron chi connectivity index (χ4n) is 2.91. The Kier molecular flexibility index (Phi) is 6.10. The highest BCUT2D eigenvalue weighted by molar-refractivity contribution is 5.74. The van der Waals surface area contributed by atoms with Gasteiger partial charge in [-0.3, -0.25) is 0 Å². The van der Waals surface area contributed by atoms with Gasteiger partial charge in [0.25, 0.3) is 0 Å². The van der Waals surface area contributed by atoms with Crippen LogP contribution in [0, 0.1) is 12.8 Å². The first kappa shape index (κ1) is 18.6. The van der Waals surface area contributed by atoms with Gasteiger partial charge in [0.05, 0.1) is 0 Å². The molecular weight excluding hydrogens is 304 g/mol. The molecule has 1 aliphatic rings. The van der Waals surface area contributed by atoms with Crippen molar-refractivity contribution in [1.29, 1.82) is 0 Å². The molecule has 5 heteroatoms. The molecule has 1 heterocycles. The molecule has 1 aliphatic heterocycles. The summed E-state index contributed by atoms with van der Waals surface area (Å²) in [5.41, 5.74) is 1.82. The molecule has 0 bridgehead atoms. The van der Waals surface area contributed by atoms with Crippen molar-refractivity contribution in [3.05, 3.63) is 29.3 Å². The number of aryl methyl sites for hydroxylation is 1. The zero-order chi connectivity index (χ0) is 17.7. The molecule has 0 saturated carbocycles. The number of urea groups is 1. The number of carbonyl (C=O) groups is 1. The second kappa shape index (κ2) is 7.88. The minimum atomic E-state index is -0.284. The summed E-state index contributed by atoms with van der Waals surface area (Å²) in [6.07, 6.45) is 1.93. The van der Waals surface area contributed by atoms with Crippen LogP contribution in [-0.2, 0) is 6.54 Å². The van der Waals surface area contributed by atoms with Crippen LogP contribution in [0.4, 0.5) is 4.79 Å². The monoisotopic (exact) mass is 334 g/mol. The SMILES string of the molecule is Cc1ccc(CNC(=O)N2CCCC(CO)C2)c(OC(C)(C)C)c1. The van der Waals surface area contributed by atoms with Gasteiger partial charge in [0.2, 0.25) is 0 Å². The molecule has 0 radical (unpaired) electrons. The predicted octanol–water partition coefficient (Wildman–Crippen LogP) is 3.09. The van der Waals surface area contributed by atoms with E-state index in [1.807, 2.05) is 45.9 Å². The van der Waals surface area contributed by atoms with E-state index in [1.54, 1.807) is 4.90 Å². The maximum Gasteiger partial charge on any atom is 0.317 e. The molecule has 1 aromatic rings. The third-order valence-electron chi connectivity index (χ3n) is 4.13. The average Bonchev–Trinajstić information content (AvgIpc) is 2.52. The van der Waals surface area contributed by atoms with Crippen LogP contribution >= 0.6 is 0 Å². The lowest BCUT2D eigenvalue weighted by atomic mass is 9.99. The number of aliphatic hydroxyl groups excluding tert-OH is 1. The first-order valence-electron chi connectivity index (χ1n) is 8.70. The third-order valence-corrected chi connectivity index (χ3v) is 4.13. The Hall–Kier alpha value is -1.75. The molecular formula is C19H30N2O3. The van der Waals surface area contributed by atoms with Crippen LogP contribution in [0.5, 0.6) is 5.75 Å². The van der Waals surface area contributed by atoms with Gasteiger partial charge >= 0.3 is 6.03 Å². The van der Waals surface area contributed by atoms with Crippen molar-refractivity contribution in [3.8, 4) is 5.75 Å². The predicted molar refractivity (Wildman–Crippen MR) is 95.2 cm³/mol. The van der Waals surface area contributed by atoms with Gasteiger partial charge in [-0.05, 0) is 58.1 Å². The van der Waals surface area contributed by atoms with Crippen molar-refractivity contribution < 1.29 is 14.6 Å². The Morgan fingerprint density at radius 1 is 1.42 bits per heavy atom. The number of amides is 2. The molecule has 1 atom stereocenters. The normalized spacial score (nSPS) is 18.4. The zero-order valence-corrected chi connectivity index (χ0v) is 15.3. The van der Waals surface area contributed by atoms with Crippen molar-refractivity contribution in [2.45, 2.75) is 52.7 Å². The van der Waals surface area contributed by atoms with Gasteiger partial charge in [-0.2, -0.15) is 0 Å². The van der Waals surface area contributed by atoms with E-state index in [-0.39, 0.29) is 24.2 Å². The smallest absolute Gasteiger partial charge is 0.317 e. The van der Waals surface area contributed by atoms with Crippen molar-refractivity contribution in [3.63, 3.8) is 0 Å². The summed E-state index contributed by atoms with van der Waals surface area (Å²) in [7, 11) is 0. The highest BCUT2D eigenvalue weighted by Gasteiger charge is 2.23. The van der Waals surface area contributed by atoms with Gasteiger partial charge in [0.1, 0.15) is 11.4 Å². The Labute approximate surface area is 145 Å². The van der Waals surface area contributed by atoms with Crippen LogP contribution in [0.15, 0.2) is 18.2 Å². The number of carbonyl (C=O) groups excluding carboxylic acids is 1. The van der Waals surface area contributed by atoms with Gasteiger partial charge in [0.15, 0.2) is 0 Å². The zero-order valence-electron chi connectivity index (χ0n) is 15.3. The first-order valence-corrected chi connectivity index (χ1v) is 8.70. The van der Waals surface area contributed by atoms with Crippen molar-refractivity contribution in [2.75, 3.05) is 19.7 Å². The molecule has 5 nitrogen and oxygen atoms in total. The maximum absolute atomic E-state index is 12.4. The minimum Gasteiger partial charge on any atom is -0.488 e. The molecule has 134 valence electrons. The maximum atomic E-state index is 12.4. The Morgan fingerprint density at radius 2 is 2.17 bits per heavy atom. The summed E-state index contributed by atoms with van der Waals surface area (Å²) < 4.78 is 6.03. The summed E-state index contributed by atoms with van der Waals surface area (Å²) in [6, 6.07) is 5.97. The van der Waals surface area contributed by atoms with Crippen LogP contribution in [0.2, 0.25) is 0 Å². The van der Waals surface area contributed by atoms with E-state index >= 15 is 0 Å². The largest absolute Gasteiger partial charge is 0.488 e. The lowest BCUT2D eigenvalue weighted by Crippen LogP contribution is -2.46. The fourth-order valence-corrected chi connectivity index (χ4v) is 2.91. The highest BCUT2D eigenvalue weighted by Crippen LogP contribution is 2.25. The third kappa shape index (κ3) is 5.41. The summed E-state index contributed by atoms with van der Waals surface area (Å²) >= 11 is 0. The van der Waals surface area contributed by atoms with E-state index in [4.69, 9.17) is 4.74 Å². The van der Waals surface area contributed by atoms with Crippen molar-refractivity contribution in [1.82, 2.24) is 10.2 Å². The van der Waals surface area contributed by atoms with E-state index in [1.165, 1.54) is 0 Å². The Balaban J connectivity index is 1.99. The lowest BCUT2D eigenvalue weighted by Gasteiger charge is -2.32.